The van der Waals surface area contributed by atoms with Gasteiger partial charge in [0.15, 0.2) is 4.96 Å². The molecule has 0 amide bonds. The van der Waals surface area contributed by atoms with E-state index in [4.69, 9.17) is 23.2 Å². The summed E-state index contributed by atoms with van der Waals surface area (Å²) < 4.78 is 2.04. The Bertz CT molecular complexity index is 698. The molecule has 0 radical (unpaired) electrons. The van der Waals surface area contributed by atoms with E-state index in [1.165, 1.54) is 11.1 Å². The van der Waals surface area contributed by atoms with Crippen LogP contribution in [-0.4, -0.2) is 21.1 Å². The fourth-order valence-corrected chi connectivity index (χ4v) is 4.00. The van der Waals surface area contributed by atoms with Gasteiger partial charge < -0.3 is 0 Å². The lowest BCUT2D eigenvalue weighted by Crippen LogP contribution is -2.33. The van der Waals surface area contributed by atoms with Crippen LogP contribution < -0.4 is 0 Å². The molecular formula is C16H16Cl2N2S. The van der Waals surface area contributed by atoms with E-state index in [1.807, 2.05) is 16.0 Å². The number of hydrogen-bond acceptors (Lipinski definition) is 2. The predicted octanol–water partition coefficient (Wildman–Crippen LogP) is 4.66. The van der Waals surface area contributed by atoms with Gasteiger partial charge in [-0.05, 0) is 12.5 Å². The molecule has 5 heteroatoms. The number of aryl methyl sites for hydroxylation is 1. The number of alkyl halides is 2. The van der Waals surface area contributed by atoms with Crippen molar-refractivity contribution in [3.8, 4) is 0 Å². The molecule has 2 heterocycles. The maximum atomic E-state index is 6.30. The van der Waals surface area contributed by atoms with E-state index in [9.17, 15) is 0 Å². The van der Waals surface area contributed by atoms with Crippen LogP contribution in [0.3, 0.4) is 0 Å². The van der Waals surface area contributed by atoms with Crippen LogP contribution in [0.5, 0.6) is 0 Å². The standard InChI is InChI=1S/C16H16Cl2N2S/c1-12-2-4-13(5-3-12)16(10-17,11-18)8-14-9-20-6-7-21-15(20)19-14/h2-7,9H,8,10-11H2,1H3. The van der Waals surface area contributed by atoms with Crippen LogP contribution in [0.2, 0.25) is 0 Å². The first-order valence-electron chi connectivity index (χ1n) is 6.77. The smallest absolute Gasteiger partial charge is 0.193 e. The van der Waals surface area contributed by atoms with Crippen molar-refractivity contribution in [2.45, 2.75) is 18.8 Å². The molecule has 21 heavy (non-hydrogen) atoms. The molecule has 0 unspecified atom stereocenters. The first-order valence-corrected chi connectivity index (χ1v) is 8.72. The Morgan fingerprint density at radius 2 is 1.90 bits per heavy atom. The zero-order valence-corrected chi connectivity index (χ0v) is 14.0. The van der Waals surface area contributed by atoms with E-state index in [-0.39, 0.29) is 5.41 Å². The Labute approximate surface area is 138 Å². The van der Waals surface area contributed by atoms with E-state index < -0.39 is 0 Å². The maximum absolute atomic E-state index is 6.30. The Morgan fingerprint density at radius 1 is 1.19 bits per heavy atom. The number of fused-ring (bicyclic) bond motifs is 1. The van der Waals surface area contributed by atoms with Crippen molar-refractivity contribution in [1.82, 2.24) is 9.38 Å². The molecular weight excluding hydrogens is 323 g/mol. The lowest BCUT2D eigenvalue weighted by molar-refractivity contribution is 0.530. The van der Waals surface area contributed by atoms with Crippen LogP contribution in [0, 0.1) is 6.92 Å². The van der Waals surface area contributed by atoms with Gasteiger partial charge in [-0.2, -0.15) is 0 Å². The topological polar surface area (TPSA) is 17.3 Å². The molecule has 110 valence electrons. The fraction of sp³-hybridized carbons (Fsp3) is 0.312. The average Bonchev–Trinajstić information content (AvgIpc) is 3.07. The molecule has 2 nitrogen and oxygen atoms in total. The average molecular weight is 339 g/mol. The fourth-order valence-electron chi connectivity index (χ4n) is 2.50. The van der Waals surface area contributed by atoms with Gasteiger partial charge in [0.25, 0.3) is 0 Å². The third-order valence-electron chi connectivity index (χ3n) is 3.84. The molecule has 1 aromatic carbocycles. The summed E-state index contributed by atoms with van der Waals surface area (Å²) in [6.07, 6.45) is 4.83. The van der Waals surface area contributed by atoms with Gasteiger partial charge in [0.1, 0.15) is 0 Å². The molecule has 3 rings (SSSR count). The molecule has 0 aliphatic carbocycles. The maximum Gasteiger partial charge on any atom is 0.193 e. The van der Waals surface area contributed by atoms with Crippen molar-refractivity contribution >= 4 is 39.5 Å². The molecule has 0 aliphatic rings. The highest BCUT2D eigenvalue weighted by Gasteiger charge is 2.32. The Kier molecular flexibility index (Phi) is 4.25. The van der Waals surface area contributed by atoms with Crippen LogP contribution in [0.25, 0.3) is 4.96 Å². The van der Waals surface area contributed by atoms with Crippen LogP contribution in [0.15, 0.2) is 42.0 Å². The first-order chi connectivity index (χ1) is 10.2. The second-order valence-corrected chi connectivity index (χ2v) is 6.82. The number of aromatic nitrogens is 2. The van der Waals surface area contributed by atoms with E-state index in [0.717, 1.165) is 17.1 Å². The summed E-state index contributed by atoms with van der Waals surface area (Å²) in [6, 6.07) is 8.46. The third-order valence-corrected chi connectivity index (χ3v) is 5.63. The summed E-state index contributed by atoms with van der Waals surface area (Å²) in [6.45, 7) is 2.08. The Balaban J connectivity index is 1.96. The second-order valence-electron chi connectivity index (χ2n) is 5.42. The van der Waals surface area contributed by atoms with Crippen LogP contribution in [-0.2, 0) is 11.8 Å². The molecule has 0 saturated heterocycles. The van der Waals surface area contributed by atoms with Gasteiger partial charge in [-0.3, -0.25) is 4.40 Å². The second kappa shape index (κ2) is 5.99. The largest absolute Gasteiger partial charge is 0.297 e. The molecule has 2 aromatic heterocycles. The zero-order valence-electron chi connectivity index (χ0n) is 11.7. The molecule has 3 aromatic rings. The van der Waals surface area contributed by atoms with Crippen molar-refractivity contribution in [3.05, 3.63) is 58.9 Å². The molecule has 0 saturated carbocycles. The number of rotatable bonds is 5. The molecule has 0 atom stereocenters. The van der Waals surface area contributed by atoms with Gasteiger partial charge in [-0.25, -0.2) is 4.98 Å². The monoisotopic (exact) mass is 338 g/mol. The van der Waals surface area contributed by atoms with Crippen LogP contribution in [0.1, 0.15) is 16.8 Å². The number of imidazole rings is 1. The highest BCUT2D eigenvalue weighted by atomic mass is 35.5. The van der Waals surface area contributed by atoms with E-state index in [1.54, 1.807) is 11.3 Å². The highest BCUT2D eigenvalue weighted by Crippen LogP contribution is 2.32. The Morgan fingerprint density at radius 3 is 2.52 bits per heavy atom. The minimum atomic E-state index is -0.277. The van der Waals surface area contributed by atoms with Gasteiger partial charge in [0, 0.05) is 41.4 Å². The lowest BCUT2D eigenvalue weighted by Gasteiger charge is -2.29. The Hall–Kier alpha value is -1.03. The summed E-state index contributed by atoms with van der Waals surface area (Å²) in [7, 11) is 0. The molecule has 0 bridgehead atoms. The van der Waals surface area contributed by atoms with Crippen LogP contribution in [0.4, 0.5) is 0 Å². The van der Waals surface area contributed by atoms with Crippen molar-refractivity contribution in [2.24, 2.45) is 0 Å². The minimum absolute atomic E-state index is 0.277. The number of thiazole rings is 1. The third kappa shape index (κ3) is 2.83. The normalized spacial score (nSPS) is 12.1. The van der Waals surface area contributed by atoms with Gasteiger partial charge in [0.2, 0.25) is 0 Å². The van der Waals surface area contributed by atoms with E-state index in [2.05, 4.69) is 42.4 Å². The van der Waals surface area contributed by atoms with Gasteiger partial charge in [-0.1, -0.05) is 29.8 Å². The van der Waals surface area contributed by atoms with Crippen molar-refractivity contribution in [2.75, 3.05) is 11.8 Å². The molecule has 0 aliphatic heterocycles. The van der Waals surface area contributed by atoms with Crippen molar-refractivity contribution in [1.29, 1.82) is 0 Å². The highest BCUT2D eigenvalue weighted by molar-refractivity contribution is 7.15. The SMILES string of the molecule is Cc1ccc(C(CCl)(CCl)Cc2cn3ccsc3n2)cc1. The number of benzene rings is 1. The molecule has 0 spiro atoms. The molecule has 0 N–H and O–H groups in total. The van der Waals surface area contributed by atoms with Gasteiger partial charge in [0.05, 0.1) is 5.69 Å². The summed E-state index contributed by atoms with van der Waals surface area (Å²) >= 11 is 14.2. The summed E-state index contributed by atoms with van der Waals surface area (Å²) in [4.78, 5) is 5.67. The lowest BCUT2D eigenvalue weighted by atomic mass is 9.80. The number of nitrogens with zero attached hydrogens (tertiary/aromatic N) is 2. The first kappa shape index (κ1) is 14.9. The van der Waals surface area contributed by atoms with Crippen LogP contribution >= 0.6 is 34.5 Å². The quantitative estimate of drug-likeness (QED) is 0.618. The number of halogens is 2. The predicted molar refractivity (Wildman–Crippen MR) is 91.1 cm³/mol. The van der Waals surface area contributed by atoms with E-state index in [0.29, 0.717) is 11.8 Å². The zero-order chi connectivity index (χ0) is 14.9. The summed E-state index contributed by atoms with van der Waals surface area (Å²) in [5.41, 5.74) is 3.17. The van der Waals surface area contributed by atoms with Crippen molar-refractivity contribution < 1.29 is 0 Å². The van der Waals surface area contributed by atoms with Gasteiger partial charge in [-0.15, -0.1) is 34.5 Å². The van der Waals surface area contributed by atoms with E-state index >= 15 is 0 Å². The number of hydrogen-bond donors (Lipinski definition) is 0. The summed E-state index contributed by atoms with van der Waals surface area (Å²) in [5.74, 6) is 0.954. The minimum Gasteiger partial charge on any atom is -0.297 e. The summed E-state index contributed by atoms with van der Waals surface area (Å²) in [5, 5.41) is 2.03. The van der Waals surface area contributed by atoms with Crippen molar-refractivity contribution in [3.63, 3.8) is 0 Å². The van der Waals surface area contributed by atoms with Gasteiger partial charge >= 0.3 is 0 Å². The molecule has 0 fully saturated rings.